The summed E-state index contributed by atoms with van der Waals surface area (Å²) in [4.78, 5) is 12.0. The summed E-state index contributed by atoms with van der Waals surface area (Å²) < 4.78 is 0. The molecule has 0 unspecified atom stereocenters. The van der Waals surface area contributed by atoms with E-state index in [-0.39, 0.29) is 11.5 Å². The molecule has 2 rings (SSSR count). The maximum absolute atomic E-state index is 12.0. The van der Waals surface area contributed by atoms with Gasteiger partial charge in [-0.25, -0.2) is 0 Å². The molecule has 0 saturated carbocycles. The zero-order valence-electron chi connectivity index (χ0n) is 10.7. The Bertz CT molecular complexity index is 588. The molecule has 0 aliphatic carbocycles. The lowest BCUT2D eigenvalue weighted by Crippen LogP contribution is -2.01. The Hall–Kier alpha value is -1.80. The zero-order valence-corrected chi connectivity index (χ0v) is 11.4. The first kappa shape index (κ1) is 13.6. The topological polar surface area (TPSA) is 37.3 Å². The fourth-order valence-electron chi connectivity index (χ4n) is 1.89. The van der Waals surface area contributed by atoms with Crippen LogP contribution >= 0.6 is 11.6 Å². The van der Waals surface area contributed by atoms with Crippen LogP contribution in [-0.2, 0) is 6.42 Å². The molecule has 0 saturated heterocycles. The molecule has 0 atom stereocenters. The standard InChI is InChI=1S/C16H15ClO2/c1-11-2-4-12(5-3-11)15(18)8-6-13-10-14(17)7-9-16(13)19/h2-5,7,9-10,19H,6,8H2,1H3. The van der Waals surface area contributed by atoms with Crippen molar-refractivity contribution < 1.29 is 9.90 Å². The highest BCUT2D eigenvalue weighted by Crippen LogP contribution is 2.23. The van der Waals surface area contributed by atoms with Crippen LogP contribution in [0, 0.1) is 6.92 Å². The molecule has 0 aliphatic heterocycles. The van der Waals surface area contributed by atoms with Crippen LogP contribution in [0.2, 0.25) is 5.02 Å². The van der Waals surface area contributed by atoms with Crippen LogP contribution in [0.5, 0.6) is 5.75 Å². The molecule has 0 radical (unpaired) electrons. The lowest BCUT2D eigenvalue weighted by atomic mass is 10.0. The van der Waals surface area contributed by atoms with Crippen LogP contribution in [0.25, 0.3) is 0 Å². The lowest BCUT2D eigenvalue weighted by molar-refractivity contribution is 0.0983. The summed E-state index contributed by atoms with van der Waals surface area (Å²) in [5.41, 5.74) is 2.53. The molecular weight excluding hydrogens is 260 g/mol. The summed E-state index contributed by atoms with van der Waals surface area (Å²) in [5.74, 6) is 0.250. The second-order valence-electron chi connectivity index (χ2n) is 4.56. The molecule has 1 N–H and O–H groups in total. The Labute approximate surface area is 117 Å². The van der Waals surface area contributed by atoms with E-state index in [0.29, 0.717) is 29.0 Å². The van der Waals surface area contributed by atoms with Gasteiger partial charge < -0.3 is 5.11 Å². The molecule has 0 fully saturated rings. The number of rotatable bonds is 4. The van der Waals surface area contributed by atoms with Crippen molar-refractivity contribution in [1.29, 1.82) is 0 Å². The van der Waals surface area contributed by atoms with Gasteiger partial charge in [0.05, 0.1) is 0 Å². The van der Waals surface area contributed by atoms with Crippen LogP contribution in [-0.4, -0.2) is 10.9 Å². The second kappa shape index (κ2) is 5.89. The van der Waals surface area contributed by atoms with E-state index in [1.807, 2.05) is 31.2 Å². The van der Waals surface area contributed by atoms with Crippen molar-refractivity contribution in [3.8, 4) is 5.75 Å². The molecule has 0 heterocycles. The number of hydrogen-bond acceptors (Lipinski definition) is 2. The Morgan fingerprint density at radius 1 is 1.16 bits per heavy atom. The van der Waals surface area contributed by atoms with Gasteiger partial charge in [-0.3, -0.25) is 4.79 Å². The van der Waals surface area contributed by atoms with Gasteiger partial charge >= 0.3 is 0 Å². The van der Waals surface area contributed by atoms with E-state index in [2.05, 4.69) is 0 Å². The first-order chi connectivity index (χ1) is 9.06. The number of phenolic OH excluding ortho intramolecular Hbond substituents is 1. The Balaban J connectivity index is 2.04. The highest BCUT2D eigenvalue weighted by molar-refractivity contribution is 6.30. The average Bonchev–Trinajstić information content (AvgIpc) is 2.40. The third-order valence-corrected chi connectivity index (χ3v) is 3.27. The molecular formula is C16H15ClO2. The van der Waals surface area contributed by atoms with Gasteiger partial charge in [0.1, 0.15) is 5.75 Å². The van der Waals surface area contributed by atoms with Crippen molar-refractivity contribution in [2.24, 2.45) is 0 Å². The molecule has 0 spiro atoms. The van der Waals surface area contributed by atoms with Crippen molar-refractivity contribution in [3.05, 3.63) is 64.2 Å². The SMILES string of the molecule is Cc1ccc(C(=O)CCc2cc(Cl)ccc2O)cc1. The summed E-state index contributed by atoms with van der Waals surface area (Å²) in [7, 11) is 0. The highest BCUT2D eigenvalue weighted by atomic mass is 35.5. The number of halogens is 1. The molecule has 0 bridgehead atoms. The van der Waals surface area contributed by atoms with E-state index in [4.69, 9.17) is 11.6 Å². The Morgan fingerprint density at radius 2 is 1.84 bits per heavy atom. The van der Waals surface area contributed by atoms with Crippen LogP contribution in [0.4, 0.5) is 0 Å². The van der Waals surface area contributed by atoms with Crippen LogP contribution in [0.15, 0.2) is 42.5 Å². The van der Waals surface area contributed by atoms with Gasteiger partial charge in [0.15, 0.2) is 5.78 Å². The van der Waals surface area contributed by atoms with Crippen molar-refractivity contribution in [2.75, 3.05) is 0 Å². The Kier molecular flexibility index (Phi) is 4.23. The van der Waals surface area contributed by atoms with E-state index < -0.39 is 0 Å². The summed E-state index contributed by atoms with van der Waals surface area (Å²) in [6, 6.07) is 12.4. The average molecular weight is 275 g/mol. The number of phenols is 1. The number of Topliss-reactive ketones (excluding diaryl/α,β-unsaturated/α-hetero) is 1. The second-order valence-corrected chi connectivity index (χ2v) is 5.00. The van der Waals surface area contributed by atoms with E-state index >= 15 is 0 Å². The largest absolute Gasteiger partial charge is 0.508 e. The molecule has 2 aromatic rings. The number of aromatic hydroxyl groups is 1. The van der Waals surface area contributed by atoms with Gasteiger partial charge in [-0.2, -0.15) is 0 Å². The third-order valence-electron chi connectivity index (χ3n) is 3.04. The van der Waals surface area contributed by atoms with Gasteiger partial charge in [-0.15, -0.1) is 0 Å². The third kappa shape index (κ3) is 3.58. The smallest absolute Gasteiger partial charge is 0.163 e. The van der Waals surface area contributed by atoms with Crippen molar-refractivity contribution in [1.82, 2.24) is 0 Å². The fraction of sp³-hybridized carbons (Fsp3) is 0.188. The summed E-state index contributed by atoms with van der Waals surface area (Å²) in [6.45, 7) is 1.98. The summed E-state index contributed by atoms with van der Waals surface area (Å²) in [5, 5.41) is 10.3. The number of carbonyl (C=O) groups excluding carboxylic acids is 1. The quantitative estimate of drug-likeness (QED) is 0.850. The molecule has 19 heavy (non-hydrogen) atoms. The number of aryl methyl sites for hydroxylation is 2. The Morgan fingerprint density at radius 3 is 2.53 bits per heavy atom. The van der Waals surface area contributed by atoms with E-state index in [1.54, 1.807) is 18.2 Å². The summed E-state index contributed by atoms with van der Waals surface area (Å²) >= 11 is 5.87. The zero-order chi connectivity index (χ0) is 13.8. The minimum Gasteiger partial charge on any atom is -0.508 e. The van der Waals surface area contributed by atoms with E-state index in [9.17, 15) is 9.90 Å². The van der Waals surface area contributed by atoms with Gasteiger partial charge in [-0.05, 0) is 37.1 Å². The maximum Gasteiger partial charge on any atom is 0.163 e. The lowest BCUT2D eigenvalue weighted by Gasteiger charge is -2.05. The predicted molar refractivity (Wildman–Crippen MR) is 76.9 cm³/mol. The molecule has 2 aromatic carbocycles. The minimum atomic E-state index is 0.0689. The maximum atomic E-state index is 12.0. The molecule has 0 aromatic heterocycles. The van der Waals surface area contributed by atoms with Crippen molar-refractivity contribution >= 4 is 17.4 Å². The number of benzene rings is 2. The van der Waals surface area contributed by atoms with Gasteiger partial charge in [0, 0.05) is 17.0 Å². The molecule has 0 aliphatic rings. The predicted octanol–water partition coefficient (Wildman–Crippen LogP) is 4.17. The van der Waals surface area contributed by atoms with Crippen molar-refractivity contribution in [3.63, 3.8) is 0 Å². The molecule has 98 valence electrons. The fourth-order valence-corrected chi connectivity index (χ4v) is 2.08. The van der Waals surface area contributed by atoms with Gasteiger partial charge in [0.25, 0.3) is 0 Å². The van der Waals surface area contributed by atoms with Crippen LogP contribution < -0.4 is 0 Å². The normalized spacial score (nSPS) is 10.4. The van der Waals surface area contributed by atoms with Gasteiger partial charge in [0.2, 0.25) is 0 Å². The van der Waals surface area contributed by atoms with E-state index in [0.717, 1.165) is 5.56 Å². The first-order valence-electron chi connectivity index (χ1n) is 6.13. The van der Waals surface area contributed by atoms with Crippen LogP contribution in [0.3, 0.4) is 0 Å². The van der Waals surface area contributed by atoms with Crippen LogP contribution in [0.1, 0.15) is 27.9 Å². The minimum absolute atomic E-state index is 0.0689. The number of ketones is 1. The molecule has 2 nitrogen and oxygen atoms in total. The highest BCUT2D eigenvalue weighted by Gasteiger charge is 2.08. The molecule has 0 amide bonds. The number of carbonyl (C=O) groups is 1. The molecule has 3 heteroatoms. The number of hydrogen-bond donors (Lipinski definition) is 1. The first-order valence-corrected chi connectivity index (χ1v) is 6.51. The van der Waals surface area contributed by atoms with Gasteiger partial charge in [-0.1, -0.05) is 41.4 Å². The van der Waals surface area contributed by atoms with Crippen molar-refractivity contribution in [2.45, 2.75) is 19.8 Å². The van der Waals surface area contributed by atoms with E-state index in [1.165, 1.54) is 0 Å². The monoisotopic (exact) mass is 274 g/mol. The summed E-state index contributed by atoms with van der Waals surface area (Å²) in [6.07, 6.45) is 0.843.